The van der Waals surface area contributed by atoms with Gasteiger partial charge in [0.1, 0.15) is 11.3 Å². The Kier molecular flexibility index (Phi) is 6.42. The zero-order chi connectivity index (χ0) is 21.1. The van der Waals surface area contributed by atoms with Gasteiger partial charge in [-0.1, -0.05) is 23.7 Å². The summed E-state index contributed by atoms with van der Waals surface area (Å²) in [5, 5.41) is 5.11. The van der Waals surface area contributed by atoms with Crippen LogP contribution in [-0.4, -0.2) is 31.6 Å². The molecule has 158 valence electrons. The first-order valence-corrected chi connectivity index (χ1v) is 10.7. The molecule has 0 unspecified atom stereocenters. The van der Waals surface area contributed by atoms with Crippen molar-refractivity contribution in [1.29, 1.82) is 0 Å². The molecule has 0 saturated carbocycles. The summed E-state index contributed by atoms with van der Waals surface area (Å²) in [7, 11) is 1.68. The SMILES string of the molecule is COc1ccc([C@H](CNCc2cc(=O)oc3cc(C)c(Cl)cc23)N2CCCC2)cc1. The second-order valence-corrected chi connectivity index (χ2v) is 8.26. The first-order valence-electron chi connectivity index (χ1n) is 10.4. The smallest absolute Gasteiger partial charge is 0.336 e. The van der Waals surface area contributed by atoms with Crippen molar-refractivity contribution in [3.8, 4) is 5.75 Å². The summed E-state index contributed by atoms with van der Waals surface area (Å²) < 4.78 is 10.7. The van der Waals surface area contributed by atoms with Crippen LogP contribution in [0.25, 0.3) is 11.0 Å². The molecule has 0 aliphatic carbocycles. The number of halogens is 1. The Bertz CT molecular complexity index is 1070. The minimum atomic E-state index is -0.340. The highest BCUT2D eigenvalue weighted by Gasteiger charge is 2.23. The molecule has 0 radical (unpaired) electrons. The molecule has 1 saturated heterocycles. The number of fused-ring (bicyclic) bond motifs is 1. The molecular formula is C24H27ClN2O3. The van der Waals surface area contributed by atoms with Crippen LogP contribution in [-0.2, 0) is 6.54 Å². The Morgan fingerprint density at radius 3 is 2.60 bits per heavy atom. The summed E-state index contributed by atoms with van der Waals surface area (Å²) >= 11 is 6.32. The van der Waals surface area contributed by atoms with Crippen molar-refractivity contribution >= 4 is 22.6 Å². The van der Waals surface area contributed by atoms with Gasteiger partial charge in [-0.3, -0.25) is 4.90 Å². The predicted octanol–water partition coefficient (Wildman–Crippen LogP) is 4.69. The fraction of sp³-hybridized carbons (Fsp3) is 0.375. The highest BCUT2D eigenvalue weighted by molar-refractivity contribution is 6.32. The molecule has 0 spiro atoms. The first-order chi connectivity index (χ1) is 14.5. The number of aryl methyl sites for hydroxylation is 1. The number of rotatable bonds is 7. The standard InChI is InChI=1S/C24H27ClN2O3/c1-16-11-23-20(13-21(16)25)18(12-24(28)30-23)14-26-15-22(27-9-3-4-10-27)17-5-7-19(29-2)8-6-17/h5-8,11-13,22,26H,3-4,9-10,14-15H2,1-2H3/t22-/m0/s1. The predicted molar refractivity (Wildman–Crippen MR) is 120 cm³/mol. The van der Waals surface area contributed by atoms with Gasteiger partial charge in [-0.25, -0.2) is 4.79 Å². The lowest BCUT2D eigenvalue weighted by Crippen LogP contribution is -2.34. The van der Waals surface area contributed by atoms with E-state index >= 15 is 0 Å². The van der Waals surface area contributed by atoms with Gasteiger partial charge in [-0.05, 0) is 73.8 Å². The zero-order valence-electron chi connectivity index (χ0n) is 17.4. The molecular weight excluding hydrogens is 400 g/mol. The highest BCUT2D eigenvalue weighted by Crippen LogP contribution is 2.27. The normalized spacial score (nSPS) is 15.6. The van der Waals surface area contributed by atoms with Crippen molar-refractivity contribution in [2.75, 3.05) is 26.7 Å². The van der Waals surface area contributed by atoms with Crippen molar-refractivity contribution in [3.63, 3.8) is 0 Å². The molecule has 0 amide bonds. The topological polar surface area (TPSA) is 54.7 Å². The number of nitrogens with zero attached hydrogens (tertiary/aromatic N) is 1. The molecule has 1 aromatic heterocycles. The van der Waals surface area contributed by atoms with Crippen LogP contribution in [0.1, 0.15) is 35.6 Å². The maximum absolute atomic E-state index is 12.0. The lowest BCUT2D eigenvalue weighted by atomic mass is 10.0. The van der Waals surface area contributed by atoms with E-state index in [1.54, 1.807) is 13.2 Å². The number of ether oxygens (including phenoxy) is 1. The Morgan fingerprint density at radius 1 is 1.17 bits per heavy atom. The van der Waals surface area contributed by atoms with Crippen molar-refractivity contribution in [2.45, 2.75) is 32.4 Å². The molecule has 2 aromatic carbocycles. The molecule has 1 N–H and O–H groups in total. The van der Waals surface area contributed by atoms with E-state index < -0.39 is 0 Å². The van der Waals surface area contributed by atoms with Gasteiger partial charge in [0.05, 0.1) is 7.11 Å². The average molecular weight is 427 g/mol. The minimum absolute atomic E-state index is 0.274. The van der Waals surface area contributed by atoms with Gasteiger partial charge in [-0.15, -0.1) is 0 Å². The molecule has 2 heterocycles. The van der Waals surface area contributed by atoms with Crippen LogP contribution < -0.4 is 15.7 Å². The number of hydrogen-bond acceptors (Lipinski definition) is 5. The van der Waals surface area contributed by atoms with Crippen LogP contribution in [0.2, 0.25) is 5.02 Å². The summed E-state index contributed by atoms with van der Waals surface area (Å²) in [6.45, 7) is 5.47. The van der Waals surface area contributed by atoms with Gasteiger partial charge in [-0.2, -0.15) is 0 Å². The summed E-state index contributed by atoms with van der Waals surface area (Å²) in [5.41, 5.74) is 3.30. The lowest BCUT2D eigenvalue weighted by molar-refractivity contribution is 0.238. The number of likely N-dealkylation sites (tertiary alicyclic amines) is 1. The van der Waals surface area contributed by atoms with Gasteiger partial charge in [0, 0.05) is 35.6 Å². The monoisotopic (exact) mass is 426 g/mol. The fourth-order valence-electron chi connectivity index (χ4n) is 4.18. The van der Waals surface area contributed by atoms with Gasteiger partial charge in [0.15, 0.2) is 0 Å². The van der Waals surface area contributed by atoms with Crippen LogP contribution in [0, 0.1) is 6.92 Å². The fourth-order valence-corrected chi connectivity index (χ4v) is 4.34. The largest absolute Gasteiger partial charge is 0.497 e. The minimum Gasteiger partial charge on any atom is -0.497 e. The Hall–Kier alpha value is -2.34. The van der Waals surface area contributed by atoms with Crippen molar-refractivity contribution < 1.29 is 9.15 Å². The third kappa shape index (κ3) is 4.53. The van der Waals surface area contributed by atoms with E-state index in [1.807, 2.05) is 31.2 Å². The summed E-state index contributed by atoms with van der Waals surface area (Å²) in [6.07, 6.45) is 2.46. The van der Waals surface area contributed by atoms with Crippen LogP contribution in [0.3, 0.4) is 0 Å². The van der Waals surface area contributed by atoms with E-state index in [2.05, 4.69) is 22.3 Å². The van der Waals surface area contributed by atoms with Crippen LogP contribution in [0.4, 0.5) is 0 Å². The van der Waals surface area contributed by atoms with Crippen molar-refractivity contribution in [2.24, 2.45) is 0 Å². The van der Waals surface area contributed by atoms with E-state index in [4.69, 9.17) is 20.8 Å². The highest BCUT2D eigenvalue weighted by atomic mass is 35.5. The van der Waals surface area contributed by atoms with E-state index in [0.717, 1.165) is 41.9 Å². The van der Waals surface area contributed by atoms with Gasteiger partial charge >= 0.3 is 5.63 Å². The Labute approximate surface area is 181 Å². The second kappa shape index (κ2) is 9.21. The summed E-state index contributed by atoms with van der Waals surface area (Å²) in [5.74, 6) is 0.863. The van der Waals surface area contributed by atoms with Gasteiger partial charge in [0.2, 0.25) is 0 Å². The summed E-state index contributed by atoms with van der Waals surface area (Å²) in [4.78, 5) is 14.6. The van der Waals surface area contributed by atoms with Crippen molar-refractivity contribution in [3.05, 3.63) is 74.6 Å². The van der Waals surface area contributed by atoms with E-state index in [9.17, 15) is 4.79 Å². The second-order valence-electron chi connectivity index (χ2n) is 7.85. The third-order valence-electron chi connectivity index (χ3n) is 5.84. The van der Waals surface area contributed by atoms with Crippen LogP contribution in [0.5, 0.6) is 5.75 Å². The van der Waals surface area contributed by atoms with Crippen molar-refractivity contribution in [1.82, 2.24) is 10.2 Å². The number of benzene rings is 2. The maximum Gasteiger partial charge on any atom is 0.336 e. The first kappa shape index (κ1) is 20.9. The molecule has 1 aliphatic heterocycles. The maximum atomic E-state index is 12.0. The molecule has 1 atom stereocenters. The Morgan fingerprint density at radius 2 is 1.90 bits per heavy atom. The molecule has 6 heteroatoms. The molecule has 30 heavy (non-hydrogen) atoms. The van der Waals surface area contributed by atoms with Crippen LogP contribution >= 0.6 is 11.6 Å². The van der Waals surface area contributed by atoms with E-state index in [0.29, 0.717) is 17.2 Å². The molecule has 1 fully saturated rings. The number of hydrogen-bond donors (Lipinski definition) is 1. The molecule has 5 nitrogen and oxygen atoms in total. The molecule has 3 aromatic rings. The molecule has 0 bridgehead atoms. The number of nitrogens with one attached hydrogen (secondary N) is 1. The Balaban J connectivity index is 1.54. The zero-order valence-corrected chi connectivity index (χ0v) is 18.2. The third-order valence-corrected chi connectivity index (χ3v) is 6.25. The average Bonchev–Trinajstić information content (AvgIpc) is 3.27. The molecule has 1 aliphatic rings. The van der Waals surface area contributed by atoms with E-state index in [1.165, 1.54) is 18.4 Å². The van der Waals surface area contributed by atoms with Gasteiger partial charge < -0.3 is 14.5 Å². The summed E-state index contributed by atoms with van der Waals surface area (Å²) in [6, 6.07) is 13.8. The van der Waals surface area contributed by atoms with Crippen LogP contribution in [0.15, 0.2) is 51.7 Å². The number of methoxy groups -OCH3 is 1. The lowest BCUT2D eigenvalue weighted by Gasteiger charge is -2.28. The van der Waals surface area contributed by atoms with E-state index in [-0.39, 0.29) is 11.7 Å². The van der Waals surface area contributed by atoms with Gasteiger partial charge in [0.25, 0.3) is 0 Å². The quantitative estimate of drug-likeness (QED) is 0.555. The molecule has 4 rings (SSSR count).